The summed E-state index contributed by atoms with van der Waals surface area (Å²) >= 11 is 0. The summed E-state index contributed by atoms with van der Waals surface area (Å²) in [7, 11) is 0. The first kappa shape index (κ1) is 14.3. The molecule has 0 bridgehead atoms. The minimum absolute atomic E-state index is 0.199. The summed E-state index contributed by atoms with van der Waals surface area (Å²) in [5.74, 6) is 1.26. The Kier molecular flexibility index (Phi) is 4.38. The molecular formula is C16H32N2. The Morgan fingerprint density at radius 2 is 0.889 bits per heavy atom. The van der Waals surface area contributed by atoms with Gasteiger partial charge in [0.15, 0.2) is 0 Å². The van der Waals surface area contributed by atoms with Crippen LogP contribution in [0.4, 0.5) is 0 Å². The summed E-state index contributed by atoms with van der Waals surface area (Å²) in [4.78, 5) is 0. The molecule has 2 aliphatic carbocycles. The van der Waals surface area contributed by atoms with Gasteiger partial charge in [-0.3, -0.25) is 0 Å². The lowest BCUT2D eigenvalue weighted by atomic mass is 9.60. The van der Waals surface area contributed by atoms with Crippen molar-refractivity contribution in [3.05, 3.63) is 0 Å². The number of nitrogens with two attached hydrogens (primary N) is 2. The topological polar surface area (TPSA) is 52.0 Å². The third kappa shape index (κ3) is 2.60. The Morgan fingerprint density at radius 3 is 1.17 bits per heavy atom. The van der Waals surface area contributed by atoms with Gasteiger partial charge < -0.3 is 11.5 Å². The van der Waals surface area contributed by atoms with E-state index >= 15 is 0 Å². The summed E-state index contributed by atoms with van der Waals surface area (Å²) in [5, 5.41) is 0. The van der Waals surface area contributed by atoms with Gasteiger partial charge in [0.05, 0.1) is 0 Å². The van der Waals surface area contributed by atoms with E-state index in [0.717, 1.165) is 0 Å². The molecule has 2 fully saturated rings. The molecule has 0 heterocycles. The van der Waals surface area contributed by atoms with Crippen LogP contribution in [0.1, 0.15) is 78.1 Å². The second-order valence-electron chi connectivity index (χ2n) is 7.24. The smallest absolute Gasteiger partial charge is 0.0336 e. The van der Waals surface area contributed by atoms with E-state index in [2.05, 4.69) is 13.8 Å². The SMILES string of the molecule is CC(N)(C1CCCCC1)C(C)(N)C1CCCCC1. The molecule has 2 rings (SSSR count). The van der Waals surface area contributed by atoms with Gasteiger partial charge in [0.1, 0.15) is 0 Å². The van der Waals surface area contributed by atoms with E-state index in [1.54, 1.807) is 0 Å². The molecule has 2 atom stereocenters. The highest BCUT2D eigenvalue weighted by molar-refractivity contribution is 5.09. The van der Waals surface area contributed by atoms with Crippen molar-refractivity contribution in [2.24, 2.45) is 23.3 Å². The summed E-state index contributed by atoms with van der Waals surface area (Å²) < 4.78 is 0. The summed E-state index contributed by atoms with van der Waals surface area (Å²) in [5.41, 5.74) is 13.2. The monoisotopic (exact) mass is 252 g/mol. The maximum Gasteiger partial charge on any atom is 0.0336 e. The van der Waals surface area contributed by atoms with Gasteiger partial charge in [-0.05, 0) is 51.4 Å². The Bertz CT molecular complexity index is 230. The van der Waals surface area contributed by atoms with Gasteiger partial charge in [-0.25, -0.2) is 0 Å². The van der Waals surface area contributed by atoms with Crippen LogP contribution in [0.3, 0.4) is 0 Å². The second kappa shape index (κ2) is 5.50. The molecule has 0 radical (unpaired) electrons. The van der Waals surface area contributed by atoms with Crippen LogP contribution in [0.25, 0.3) is 0 Å². The van der Waals surface area contributed by atoms with Crippen LogP contribution in [0.15, 0.2) is 0 Å². The van der Waals surface area contributed by atoms with Crippen LogP contribution < -0.4 is 11.5 Å². The molecule has 0 aromatic heterocycles. The van der Waals surface area contributed by atoms with Crippen LogP contribution in [0.5, 0.6) is 0 Å². The van der Waals surface area contributed by atoms with Gasteiger partial charge in [-0.1, -0.05) is 38.5 Å². The highest BCUT2D eigenvalue weighted by atomic mass is 14.9. The second-order valence-corrected chi connectivity index (χ2v) is 7.24. The third-order valence-corrected chi connectivity index (χ3v) is 6.07. The molecule has 2 nitrogen and oxygen atoms in total. The standard InChI is InChI=1S/C16H32N2/c1-15(17,13-9-5-3-6-10-13)16(2,18)14-11-7-4-8-12-14/h13-14H,3-12,17-18H2,1-2H3. The van der Waals surface area contributed by atoms with Crippen molar-refractivity contribution in [2.75, 3.05) is 0 Å². The molecule has 0 aromatic carbocycles. The normalized spacial score (nSPS) is 30.7. The fraction of sp³-hybridized carbons (Fsp3) is 1.00. The van der Waals surface area contributed by atoms with Crippen LogP contribution in [0.2, 0.25) is 0 Å². The molecule has 0 aliphatic heterocycles. The third-order valence-electron chi connectivity index (χ3n) is 6.07. The van der Waals surface area contributed by atoms with Crippen molar-refractivity contribution in [3.63, 3.8) is 0 Å². The lowest BCUT2D eigenvalue weighted by molar-refractivity contribution is 0.0714. The molecule has 0 saturated heterocycles. The molecule has 0 spiro atoms. The molecule has 2 saturated carbocycles. The predicted molar refractivity (Wildman–Crippen MR) is 78.3 cm³/mol. The van der Waals surface area contributed by atoms with Gasteiger partial charge in [0, 0.05) is 11.1 Å². The predicted octanol–water partition coefficient (Wildman–Crippen LogP) is 3.58. The Hall–Kier alpha value is -0.0800. The van der Waals surface area contributed by atoms with Crippen molar-refractivity contribution < 1.29 is 0 Å². The Morgan fingerprint density at radius 1 is 0.611 bits per heavy atom. The van der Waals surface area contributed by atoms with Gasteiger partial charge in [-0.15, -0.1) is 0 Å². The van der Waals surface area contributed by atoms with Crippen molar-refractivity contribution in [3.8, 4) is 0 Å². The van der Waals surface area contributed by atoms with Crippen molar-refractivity contribution in [2.45, 2.75) is 89.1 Å². The highest BCUT2D eigenvalue weighted by Gasteiger charge is 2.48. The van der Waals surface area contributed by atoms with Gasteiger partial charge >= 0.3 is 0 Å². The zero-order valence-corrected chi connectivity index (χ0v) is 12.4. The van der Waals surface area contributed by atoms with Gasteiger partial charge in [-0.2, -0.15) is 0 Å². The van der Waals surface area contributed by atoms with E-state index in [4.69, 9.17) is 11.5 Å². The van der Waals surface area contributed by atoms with Crippen LogP contribution in [-0.4, -0.2) is 11.1 Å². The molecule has 106 valence electrons. The fourth-order valence-corrected chi connectivity index (χ4v) is 4.28. The van der Waals surface area contributed by atoms with E-state index in [9.17, 15) is 0 Å². The van der Waals surface area contributed by atoms with Crippen LogP contribution in [-0.2, 0) is 0 Å². The van der Waals surface area contributed by atoms with E-state index in [0.29, 0.717) is 11.8 Å². The quantitative estimate of drug-likeness (QED) is 0.806. The van der Waals surface area contributed by atoms with E-state index in [1.165, 1.54) is 64.2 Å². The fourth-order valence-electron chi connectivity index (χ4n) is 4.28. The first-order valence-electron chi connectivity index (χ1n) is 8.04. The maximum absolute atomic E-state index is 6.78. The summed E-state index contributed by atoms with van der Waals surface area (Å²) in [6.07, 6.45) is 13.3. The number of rotatable bonds is 3. The highest BCUT2D eigenvalue weighted by Crippen LogP contribution is 2.43. The van der Waals surface area contributed by atoms with E-state index < -0.39 is 0 Å². The molecule has 0 amide bonds. The van der Waals surface area contributed by atoms with Crippen molar-refractivity contribution >= 4 is 0 Å². The molecule has 18 heavy (non-hydrogen) atoms. The first-order chi connectivity index (χ1) is 8.46. The zero-order chi connectivity index (χ0) is 13.2. The minimum Gasteiger partial charge on any atom is -0.324 e. The Labute approximate surface area is 113 Å². The zero-order valence-electron chi connectivity index (χ0n) is 12.4. The summed E-state index contributed by atoms with van der Waals surface area (Å²) in [6.45, 7) is 4.47. The average molecular weight is 252 g/mol. The lowest BCUT2D eigenvalue weighted by Crippen LogP contribution is -2.69. The molecule has 2 heteroatoms. The molecule has 2 unspecified atom stereocenters. The Balaban J connectivity index is 2.09. The van der Waals surface area contributed by atoms with E-state index in [-0.39, 0.29) is 11.1 Å². The average Bonchev–Trinajstić information content (AvgIpc) is 2.40. The lowest BCUT2D eigenvalue weighted by Gasteiger charge is -2.52. The number of hydrogen-bond acceptors (Lipinski definition) is 2. The van der Waals surface area contributed by atoms with Crippen LogP contribution >= 0.6 is 0 Å². The van der Waals surface area contributed by atoms with E-state index in [1.807, 2.05) is 0 Å². The van der Waals surface area contributed by atoms with Gasteiger partial charge in [0.2, 0.25) is 0 Å². The van der Waals surface area contributed by atoms with Gasteiger partial charge in [0.25, 0.3) is 0 Å². The largest absolute Gasteiger partial charge is 0.324 e. The van der Waals surface area contributed by atoms with Crippen LogP contribution in [0, 0.1) is 11.8 Å². The molecule has 0 aromatic rings. The first-order valence-corrected chi connectivity index (χ1v) is 8.04. The van der Waals surface area contributed by atoms with Crippen molar-refractivity contribution in [1.29, 1.82) is 0 Å². The number of hydrogen-bond donors (Lipinski definition) is 2. The maximum atomic E-state index is 6.78. The molecular weight excluding hydrogens is 220 g/mol. The van der Waals surface area contributed by atoms with Crippen molar-refractivity contribution in [1.82, 2.24) is 0 Å². The molecule has 2 aliphatic rings. The minimum atomic E-state index is -0.199. The summed E-state index contributed by atoms with van der Waals surface area (Å²) in [6, 6.07) is 0. The molecule has 4 N–H and O–H groups in total.